The van der Waals surface area contributed by atoms with Crippen molar-refractivity contribution in [3.05, 3.63) is 114 Å². The highest BCUT2D eigenvalue weighted by molar-refractivity contribution is 7.89. The number of nitrogens with zero attached hydrogens (tertiary/aromatic N) is 2. The van der Waals surface area contributed by atoms with Crippen LogP contribution in [0, 0.1) is 0 Å². The fourth-order valence-electron chi connectivity index (χ4n) is 3.62. The van der Waals surface area contributed by atoms with Crippen LogP contribution in [-0.2, 0) is 27.9 Å². The molecule has 0 unspecified atom stereocenters. The van der Waals surface area contributed by atoms with Gasteiger partial charge in [0.25, 0.3) is 0 Å². The van der Waals surface area contributed by atoms with Crippen LogP contribution < -0.4 is 10.0 Å². The average Bonchev–Trinajstić information content (AvgIpc) is 3.40. The van der Waals surface area contributed by atoms with E-state index in [1.807, 2.05) is 41.2 Å². The van der Waals surface area contributed by atoms with E-state index < -0.39 is 10.0 Å². The second-order valence-electron chi connectivity index (χ2n) is 7.89. The molecule has 7 nitrogen and oxygen atoms in total. The number of benzene rings is 3. The molecule has 0 saturated carbocycles. The van der Waals surface area contributed by atoms with E-state index in [1.165, 1.54) is 25.3 Å². The average molecular weight is 487 g/mol. The summed E-state index contributed by atoms with van der Waals surface area (Å²) in [6.07, 6.45) is 6.79. The van der Waals surface area contributed by atoms with Crippen molar-refractivity contribution in [3.8, 4) is 11.1 Å². The Bertz CT molecular complexity index is 1410. The Balaban J connectivity index is 1.38. The van der Waals surface area contributed by atoms with E-state index in [-0.39, 0.29) is 10.8 Å². The lowest BCUT2D eigenvalue weighted by Crippen LogP contribution is -2.20. The van der Waals surface area contributed by atoms with Crippen molar-refractivity contribution < 1.29 is 13.2 Å². The van der Waals surface area contributed by atoms with E-state index >= 15 is 0 Å². The van der Waals surface area contributed by atoms with Gasteiger partial charge in [-0.05, 0) is 59.1 Å². The largest absolute Gasteiger partial charge is 0.348 e. The van der Waals surface area contributed by atoms with Gasteiger partial charge in [-0.1, -0.05) is 60.7 Å². The Morgan fingerprint density at radius 1 is 0.971 bits per heavy atom. The van der Waals surface area contributed by atoms with Crippen LogP contribution in [0.3, 0.4) is 0 Å². The van der Waals surface area contributed by atoms with Crippen molar-refractivity contribution in [2.24, 2.45) is 0 Å². The van der Waals surface area contributed by atoms with Crippen LogP contribution in [0.5, 0.6) is 0 Å². The number of hydrogen-bond donors (Lipinski definition) is 2. The number of carbonyl (C=O) groups excluding carboxylic acids is 1. The van der Waals surface area contributed by atoms with Gasteiger partial charge < -0.3 is 5.32 Å². The first-order valence-electron chi connectivity index (χ1n) is 11.1. The predicted molar refractivity (Wildman–Crippen MR) is 137 cm³/mol. The predicted octanol–water partition coefficient (Wildman–Crippen LogP) is 3.84. The highest BCUT2D eigenvalue weighted by atomic mass is 32.2. The van der Waals surface area contributed by atoms with Crippen molar-refractivity contribution in [3.63, 3.8) is 0 Å². The molecule has 4 aromatic rings. The molecule has 8 heteroatoms. The highest BCUT2D eigenvalue weighted by Crippen LogP contribution is 2.24. The standard InChI is InChI=1S/C27H26N4O3S/c1-28-35(33,34)25-14-9-21(10-15-25)11-16-27(32)29-19-24-5-2-3-6-26(24)23-12-7-22(8-13-23)20-31-18-4-17-30-31/h2-18,28H,19-20H2,1H3,(H,29,32)/b16-11+. The summed E-state index contributed by atoms with van der Waals surface area (Å²) in [5.74, 6) is -0.235. The number of nitrogens with one attached hydrogen (secondary N) is 2. The zero-order chi connectivity index (χ0) is 24.7. The lowest BCUT2D eigenvalue weighted by Gasteiger charge is -2.11. The molecule has 1 aromatic heterocycles. The van der Waals surface area contributed by atoms with E-state index in [1.54, 1.807) is 24.4 Å². The summed E-state index contributed by atoms with van der Waals surface area (Å²) < 4.78 is 27.8. The highest BCUT2D eigenvalue weighted by Gasteiger charge is 2.10. The molecule has 4 rings (SSSR count). The summed E-state index contributed by atoms with van der Waals surface area (Å²) in [6, 6.07) is 24.5. The first-order chi connectivity index (χ1) is 16.9. The molecule has 0 saturated heterocycles. The third-order valence-corrected chi connectivity index (χ3v) is 6.96. The minimum atomic E-state index is -3.48. The Morgan fingerprint density at radius 3 is 2.40 bits per heavy atom. The lowest BCUT2D eigenvalue weighted by atomic mass is 9.98. The summed E-state index contributed by atoms with van der Waals surface area (Å²) in [5, 5.41) is 7.16. The van der Waals surface area contributed by atoms with E-state index in [0.717, 1.165) is 27.8 Å². The molecule has 0 radical (unpaired) electrons. The summed E-state index contributed by atoms with van der Waals surface area (Å²) in [6.45, 7) is 1.10. The van der Waals surface area contributed by atoms with Gasteiger partial charge in [-0.25, -0.2) is 13.1 Å². The molecule has 0 fully saturated rings. The summed E-state index contributed by atoms with van der Waals surface area (Å²) in [7, 11) is -2.12. The molecule has 0 aliphatic heterocycles. The Hall–Kier alpha value is -4.01. The SMILES string of the molecule is CNS(=O)(=O)c1ccc(/C=C/C(=O)NCc2ccccc2-c2ccc(Cn3cccn3)cc2)cc1. The first-order valence-corrected chi connectivity index (χ1v) is 12.6. The minimum Gasteiger partial charge on any atom is -0.348 e. The molecule has 0 bridgehead atoms. The molecule has 35 heavy (non-hydrogen) atoms. The molecule has 178 valence electrons. The van der Waals surface area contributed by atoms with Crippen LogP contribution in [-0.4, -0.2) is 31.2 Å². The third-order valence-electron chi connectivity index (χ3n) is 5.53. The Morgan fingerprint density at radius 2 is 1.71 bits per heavy atom. The maximum absolute atomic E-state index is 12.4. The van der Waals surface area contributed by atoms with Gasteiger partial charge in [0.15, 0.2) is 0 Å². The first kappa shape index (κ1) is 24.1. The van der Waals surface area contributed by atoms with Crippen LogP contribution in [0.2, 0.25) is 0 Å². The second-order valence-corrected chi connectivity index (χ2v) is 9.77. The van der Waals surface area contributed by atoms with E-state index in [9.17, 15) is 13.2 Å². The lowest BCUT2D eigenvalue weighted by molar-refractivity contribution is -0.116. The molecule has 0 spiro atoms. The van der Waals surface area contributed by atoms with Crippen molar-refractivity contribution >= 4 is 22.0 Å². The van der Waals surface area contributed by atoms with Crippen LogP contribution in [0.1, 0.15) is 16.7 Å². The fourth-order valence-corrected chi connectivity index (χ4v) is 4.35. The fraction of sp³-hybridized carbons (Fsp3) is 0.111. The molecule has 0 aliphatic carbocycles. The van der Waals surface area contributed by atoms with Gasteiger partial charge in [0.05, 0.1) is 11.4 Å². The van der Waals surface area contributed by atoms with Crippen molar-refractivity contribution in [2.75, 3.05) is 7.05 Å². The van der Waals surface area contributed by atoms with E-state index in [0.29, 0.717) is 13.1 Å². The molecule has 2 N–H and O–H groups in total. The van der Waals surface area contributed by atoms with Crippen LogP contribution in [0.25, 0.3) is 17.2 Å². The molecular weight excluding hydrogens is 460 g/mol. The van der Waals surface area contributed by atoms with Crippen molar-refractivity contribution in [2.45, 2.75) is 18.0 Å². The number of aromatic nitrogens is 2. The minimum absolute atomic E-state index is 0.174. The zero-order valence-electron chi connectivity index (χ0n) is 19.3. The van der Waals surface area contributed by atoms with Gasteiger partial charge in [0.1, 0.15) is 0 Å². The van der Waals surface area contributed by atoms with Gasteiger partial charge in [-0.15, -0.1) is 0 Å². The van der Waals surface area contributed by atoms with Gasteiger partial charge in [-0.3, -0.25) is 9.48 Å². The quantitative estimate of drug-likeness (QED) is 0.352. The van der Waals surface area contributed by atoms with Crippen molar-refractivity contribution in [1.82, 2.24) is 19.8 Å². The van der Waals surface area contributed by atoms with Gasteiger partial charge >= 0.3 is 0 Å². The number of hydrogen-bond acceptors (Lipinski definition) is 4. The van der Waals surface area contributed by atoms with E-state index in [4.69, 9.17) is 0 Å². The van der Waals surface area contributed by atoms with Crippen molar-refractivity contribution in [1.29, 1.82) is 0 Å². The molecule has 1 heterocycles. The number of rotatable bonds is 9. The van der Waals surface area contributed by atoms with Gasteiger partial charge in [0, 0.05) is 25.0 Å². The normalized spacial score (nSPS) is 11.6. The third kappa shape index (κ3) is 6.32. The molecule has 1 amide bonds. The van der Waals surface area contributed by atoms with Gasteiger partial charge in [-0.2, -0.15) is 5.10 Å². The molecule has 0 atom stereocenters. The second kappa shape index (κ2) is 10.9. The van der Waals surface area contributed by atoms with E-state index in [2.05, 4.69) is 39.4 Å². The van der Waals surface area contributed by atoms with Crippen LogP contribution >= 0.6 is 0 Å². The molecular formula is C27H26N4O3S. The maximum Gasteiger partial charge on any atom is 0.244 e. The smallest absolute Gasteiger partial charge is 0.244 e. The molecule has 3 aromatic carbocycles. The van der Waals surface area contributed by atoms with Crippen LogP contribution in [0.4, 0.5) is 0 Å². The zero-order valence-corrected chi connectivity index (χ0v) is 20.1. The monoisotopic (exact) mass is 486 g/mol. The number of carbonyl (C=O) groups is 1. The summed E-state index contributed by atoms with van der Waals surface area (Å²) in [5.41, 5.74) is 5.03. The summed E-state index contributed by atoms with van der Waals surface area (Å²) in [4.78, 5) is 12.6. The Kier molecular flexibility index (Phi) is 7.54. The van der Waals surface area contributed by atoms with Crippen LogP contribution in [0.15, 0.2) is 102 Å². The maximum atomic E-state index is 12.4. The molecule has 0 aliphatic rings. The van der Waals surface area contributed by atoms with Gasteiger partial charge in [0.2, 0.25) is 15.9 Å². The Labute approximate surface area is 205 Å². The number of amides is 1. The summed E-state index contributed by atoms with van der Waals surface area (Å²) >= 11 is 0. The topological polar surface area (TPSA) is 93.1 Å². The number of sulfonamides is 1.